The lowest BCUT2D eigenvalue weighted by atomic mass is 10.2. The molecule has 1 heterocycles. The summed E-state index contributed by atoms with van der Waals surface area (Å²) < 4.78 is 5.32. The van der Waals surface area contributed by atoms with Gasteiger partial charge in [0.2, 0.25) is 5.88 Å². The van der Waals surface area contributed by atoms with E-state index in [1.54, 1.807) is 18.2 Å². The molecule has 0 saturated heterocycles. The lowest BCUT2D eigenvalue weighted by molar-refractivity contribution is 0.389. The van der Waals surface area contributed by atoms with Gasteiger partial charge in [-0.15, -0.1) is 0 Å². The minimum absolute atomic E-state index is 0.263. The average molecular weight is 339 g/mol. The number of aromatic amines is 1. The number of nitrogens with one attached hydrogen (secondary N) is 1. The molecule has 120 valence electrons. The highest BCUT2D eigenvalue weighted by atomic mass is 35.5. The van der Waals surface area contributed by atoms with Crippen LogP contribution in [0.1, 0.15) is 11.1 Å². The smallest absolute Gasteiger partial charge is 0.274 e. The number of halogens is 1. The Morgan fingerprint density at radius 1 is 1.04 bits per heavy atom. The molecule has 0 saturated carbocycles. The normalized spacial score (nSPS) is 12.4. The third-order valence-corrected chi connectivity index (χ3v) is 3.62. The molecule has 3 rings (SSSR count). The summed E-state index contributed by atoms with van der Waals surface area (Å²) in [5, 5.41) is 1.39. The Balaban J connectivity index is 2.16. The van der Waals surface area contributed by atoms with E-state index in [4.69, 9.17) is 16.3 Å². The Morgan fingerprint density at radius 3 is 2.50 bits per heavy atom. The summed E-state index contributed by atoms with van der Waals surface area (Å²) in [6.45, 7) is 0. The van der Waals surface area contributed by atoms with Crippen molar-refractivity contribution in [3.05, 3.63) is 91.8 Å². The van der Waals surface area contributed by atoms with Crippen molar-refractivity contribution in [2.24, 2.45) is 0 Å². The number of methoxy groups -OCH3 is 1. The molecule has 24 heavy (non-hydrogen) atoms. The number of benzene rings is 2. The first-order valence-electron chi connectivity index (χ1n) is 7.34. The Kier molecular flexibility index (Phi) is 4.77. The molecule has 4 nitrogen and oxygen atoms in total. The van der Waals surface area contributed by atoms with Crippen molar-refractivity contribution in [1.29, 1.82) is 0 Å². The second-order valence-electron chi connectivity index (χ2n) is 5.13. The Hall–Kier alpha value is -2.85. The van der Waals surface area contributed by atoms with E-state index in [1.165, 1.54) is 7.11 Å². The number of rotatable bonds is 3. The Bertz CT molecular complexity index is 1030. The van der Waals surface area contributed by atoms with Gasteiger partial charge < -0.3 is 9.72 Å². The van der Waals surface area contributed by atoms with Crippen molar-refractivity contribution in [3.63, 3.8) is 0 Å². The number of H-pyrrole nitrogens is 1. The van der Waals surface area contributed by atoms with Crippen LogP contribution < -0.4 is 21.0 Å². The van der Waals surface area contributed by atoms with Crippen molar-refractivity contribution in [1.82, 2.24) is 9.97 Å². The van der Waals surface area contributed by atoms with Crippen molar-refractivity contribution < 1.29 is 4.74 Å². The quantitative estimate of drug-likeness (QED) is 0.795. The fraction of sp³-hybridized carbons (Fsp3) is 0.0526. The van der Waals surface area contributed by atoms with Crippen LogP contribution in [0.15, 0.2) is 59.4 Å². The standard InChI is InChI=1S/C19H15ClN2O2/c1-24-19-17(11-13-6-3-2-4-7-13)21-18(23)16(22-19)12-14-8-5-9-15(20)10-14/h2-12H,1H3,(H,21,23)/b16-12-,17-11-. The molecule has 0 atom stereocenters. The minimum atomic E-state index is -0.294. The maximum Gasteiger partial charge on any atom is 0.274 e. The third-order valence-electron chi connectivity index (χ3n) is 3.39. The zero-order valence-electron chi connectivity index (χ0n) is 13.0. The van der Waals surface area contributed by atoms with Crippen LogP contribution in [0.4, 0.5) is 0 Å². The lowest BCUT2D eigenvalue weighted by Crippen LogP contribution is -2.37. The van der Waals surface area contributed by atoms with Gasteiger partial charge in [0.25, 0.3) is 5.56 Å². The first kappa shape index (κ1) is 16.0. The molecule has 0 spiro atoms. The summed E-state index contributed by atoms with van der Waals surface area (Å²) in [6, 6.07) is 16.8. The predicted octanol–water partition coefficient (Wildman–Crippen LogP) is 2.09. The predicted molar refractivity (Wildman–Crippen MR) is 95.7 cm³/mol. The van der Waals surface area contributed by atoms with Gasteiger partial charge in [-0.2, -0.15) is 0 Å². The van der Waals surface area contributed by atoms with Crippen LogP contribution in [0.5, 0.6) is 5.88 Å². The molecule has 0 radical (unpaired) electrons. The zero-order valence-corrected chi connectivity index (χ0v) is 13.7. The highest BCUT2D eigenvalue weighted by Gasteiger charge is 2.02. The second-order valence-corrected chi connectivity index (χ2v) is 5.56. The fourth-order valence-electron chi connectivity index (χ4n) is 2.28. The van der Waals surface area contributed by atoms with Crippen LogP contribution in [0.3, 0.4) is 0 Å². The third kappa shape index (κ3) is 3.73. The summed E-state index contributed by atoms with van der Waals surface area (Å²) in [7, 11) is 1.52. The number of hydrogen-bond donors (Lipinski definition) is 1. The summed E-state index contributed by atoms with van der Waals surface area (Å²) in [4.78, 5) is 19.5. The van der Waals surface area contributed by atoms with Gasteiger partial charge >= 0.3 is 0 Å². The first-order chi connectivity index (χ1) is 11.7. The van der Waals surface area contributed by atoms with Gasteiger partial charge in [-0.05, 0) is 35.4 Å². The van der Waals surface area contributed by atoms with Gasteiger partial charge in [0.1, 0.15) is 10.7 Å². The van der Waals surface area contributed by atoms with Gasteiger partial charge in [0, 0.05) is 5.02 Å². The minimum Gasteiger partial charge on any atom is -0.479 e. The second kappa shape index (κ2) is 7.15. The van der Waals surface area contributed by atoms with Crippen molar-refractivity contribution in [2.45, 2.75) is 0 Å². The van der Waals surface area contributed by atoms with Gasteiger partial charge in [-0.25, -0.2) is 4.98 Å². The summed E-state index contributed by atoms with van der Waals surface area (Å²) in [5.41, 5.74) is 1.44. The maximum absolute atomic E-state index is 12.3. The van der Waals surface area contributed by atoms with Crippen LogP contribution in [0.25, 0.3) is 12.2 Å². The Labute approximate surface area is 143 Å². The molecule has 0 fully saturated rings. The van der Waals surface area contributed by atoms with Crippen LogP contribution >= 0.6 is 11.6 Å². The topological polar surface area (TPSA) is 55.0 Å². The van der Waals surface area contributed by atoms with Crippen LogP contribution in [-0.4, -0.2) is 17.1 Å². The van der Waals surface area contributed by atoms with Crippen LogP contribution in [0.2, 0.25) is 5.02 Å². The van der Waals surface area contributed by atoms with Crippen LogP contribution in [-0.2, 0) is 0 Å². The number of ether oxygens (including phenoxy) is 1. The molecule has 0 amide bonds. The monoisotopic (exact) mass is 338 g/mol. The average Bonchev–Trinajstić information content (AvgIpc) is 2.58. The summed E-state index contributed by atoms with van der Waals surface area (Å²) in [5.74, 6) is 0.353. The number of aromatic nitrogens is 2. The molecular formula is C19H15ClN2O2. The fourth-order valence-corrected chi connectivity index (χ4v) is 2.48. The molecule has 0 unspecified atom stereocenters. The maximum atomic E-state index is 12.3. The molecular weight excluding hydrogens is 324 g/mol. The van der Waals surface area contributed by atoms with E-state index in [-0.39, 0.29) is 10.9 Å². The molecule has 1 aromatic heterocycles. The zero-order chi connectivity index (χ0) is 16.9. The van der Waals surface area contributed by atoms with Crippen molar-refractivity contribution in [3.8, 4) is 5.88 Å². The highest BCUT2D eigenvalue weighted by molar-refractivity contribution is 6.30. The summed E-state index contributed by atoms with van der Waals surface area (Å²) >= 11 is 5.97. The van der Waals surface area contributed by atoms with Crippen LogP contribution in [0, 0.1) is 0 Å². The van der Waals surface area contributed by atoms with E-state index >= 15 is 0 Å². The SMILES string of the molecule is COc1n/c(=C\c2cccc(Cl)c2)c(=O)[nH]/c1=C\c1ccccc1. The molecule has 1 N–H and O–H groups in total. The van der Waals surface area contributed by atoms with Crippen molar-refractivity contribution >= 4 is 23.8 Å². The van der Waals surface area contributed by atoms with E-state index < -0.39 is 0 Å². The highest BCUT2D eigenvalue weighted by Crippen LogP contribution is 2.10. The summed E-state index contributed by atoms with van der Waals surface area (Å²) in [6.07, 6.45) is 3.48. The number of hydrogen-bond acceptors (Lipinski definition) is 3. The van der Waals surface area contributed by atoms with E-state index in [0.717, 1.165) is 11.1 Å². The molecule has 0 aliphatic rings. The van der Waals surface area contributed by atoms with Gasteiger partial charge in [0.05, 0.1) is 7.11 Å². The van der Waals surface area contributed by atoms with E-state index in [1.807, 2.05) is 48.5 Å². The van der Waals surface area contributed by atoms with Gasteiger partial charge in [-0.3, -0.25) is 4.79 Å². The molecule has 5 heteroatoms. The van der Waals surface area contributed by atoms with Crippen molar-refractivity contribution in [2.75, 3.05) is 7.11 Å². The molecule has 0 bridgehead atoms. The molecule has 2 aromatic carbocycles. The molecule has 3 aromatic rings. The molecule has 0 aliphatic heterocycles. The lowest BCUT2D eigenvalue weighted by Gasteiger charge is -2.01. The van der Waals surface area contributed by atoms with E-state index in [9.17, 15) is 4.79 Å². The van der Waals surface area contributed by atoms with E-state index in [2.05, 4.69) is 9.97 Å². The Morgan fingerprint density at radius 2 is 1.79 bits per heavy atom. The van der Waals surface area contributed by atoms with E-state index in [0.29, 0.717) is 16.3 Å². The number of nitrogens with zero attached hydrogens (tertiary/aromatic N) is 1. The van der Waals surface area contributed by atoms with Gasteiger partial charge in [0.15, 0.2) is 0 Å². The van der Waals surface area contributed by atoms with Gasteiger partial charge in [-0.1, -0.05) is 54.1 Å². The molecule has 0 aliphatic carbocycles. The first-order valence-corrected chi connectivity index (χ1v) is 7.72. The largest absolute Gasteiger partial charge is 0.479 e.